The Morgan fingerprint density at radius 1 is 1.45 bits per heavy atom. The number of hydrogen-bond donors (Lipinski definition) is 2. The van der Waals surface area contributed by atoms with Gasteiger partial charge in [-0.3, -0.25) is 4.90 Å². The highest BCUT2D eigenvalue weighted by molar-refractivity contribution is 6.29. The van der Waals surface area contributed by atoms with Gasteiger partial charge in [0, 0.05) is 12.6 Å². The molecule has 1 fully saturated rings. The number of aromatic carboxylic acids is 1. The first-order valence-corrected chi connectivity index (χ1v) is 7.33. The number of hydrogen-bond acceptors (Lipinski definition) is 4. The Morgan fingerprint density at radius 2 is 2.15 bits per heavy atom. The molecule has 20 heavy (non-hydrogen) atoms. The predicted octanol–water partition coefficient (Wildman–Crippen LogP) is 2.72. The normalized spacial score (nSPS) is 17.7. The highest BCUT2D eigenvalue weighted by Gasteiger charge is 2.16. The van der Waals surface area contributed by atoms with Crippen LogP contribution in [0.2, 0.25) is 5.15 Å². The molecule has 0 aromatic carbocycles. The van der Waals surface area contributed by atoms with Crippen molar-refractivity contribution in [2.45, 2.75) is 32.2 Å². The Hall–Kier alpha value is -1.33. The number of rotatable bonds is 5. The van der Waals surface area contributed by atoms with Crippen molar-refractivity contribution in [1.82, 2.24) is 9.88 Å². The van der Waals surface area contributed by atoms with Gasteiger partial charge in [-0.25, -0.2) is 9.78 Å². The Labute approximate surface area is 123 Å². The Morgan fingerprint density at radius 3 is 2.80 bits per heavy atom. The summed E-state index contributed by atoms with van der Waals surface area (Å²) in [5.41, 5.74) is 0.151. The minimum absolute atomic E-state index is 0.151. The number of likely N-dealkylation sites (tertiary alicyclic amines) is 1. The first-order chi connectivity index (χ1) is 9.56. The van der Waals surface area contributed by atoms with Crippen LogP contribution in [0.25, 0.3) is 0 Å². The smallest absolute Gasteiger partial charge is 0.335 e. The van der Waals surface area contributed by atoms with Crippen LogP contribution in [0.4, 0.5) is 5.82 Å². The number of anilines is 1. The second-order valence-corrected chi connectivity index (χ2v) is 5.58. The second-order valence-electron chi connectivity index (χ2n) is 5.20. The number of carboxylic acids is 1. The third-order valence-electron chi connectivity index (χ3n) is 3.63. The van der Waals surface area contributed by atoms with Crippen molar-refractivity contribution < 1.29 is 9.90 Å². The van der Waals surface area contributed by atoms with Gasteiger partial charge in [-0.15, -0.1) is 0 Å². The van der Waals surface area contributed by atoms with E-state index >= 15 is 0 Å². The summed E-state index contributed by atoms with van der Waals surface area (Å²) in [6.07, 6.45) is 3.82. The molecule has 0 aliphatic carbocycles. The molecule has 0 amide bonds. The lowest BCUT2D eigenvalue weighted by Crippen LogP contribution is -2.41. The standard InChI is InChI=1S/C14H20ClN3O2/c1-10(18-5-3-2-4-6-18)9-16-13-8-11(14(19)20)7-12(15)17-13/h7-8,10H,2-6,9H2,1H3,(H,16,17)(H,19,20). The lowest BCUT2D eigenvalue weighted by atomic mass is 10.1. The molecule has 110 valence electrons. The molecule has 1 unspecified atom stereocenters. The molecule has 2 N–H and O–H groups in total. The quantitative estimate of drug-likeness (QED) is 0.818. The van der Waals surface area contributed by atoms with Gasteiger partial charge >= 0.3 is 5.97 Å². The lowest BCUT2D eigenvalue weighted by Gasteiger charge is -2.32. The Bertz CT molecular complexity index is 475. The number of halogens is 1. The number of carboxylic acid groups (broad SMARTS) is 1. The summed E-state index contributed by atoms with van der Waals surface area (Å²) in [5, 5.41) is 12.4. The van der Waals surface area contributed by atoms with E-state index in [2.05, 4.69) is 22.1 Å². The molecular weight excluding hydrogens is 278 g/mol. The van der Waals surface area contributed by atoms with Crippen LogP contribution in [-0.4, -0.2) is 46.6 Å². The topological polar surface area (TPSA) is 65.5 Å². The number of piperidine rings is 1. The molecule has 1 aliphatic rings. The van der Waals surface area contributed by atoms with Crippen LogP contribution in [0.1, 0.15) is 36.5 Å². The lowest BCUT2D eigenvalue weighted by molar-refractivity contribution is 0.0697. The van der Waals surface area contributed by atoms with Gasteiger partial charge < -0.3 is 10.4 Å². The molecular formula is C14H20ClN3O2. The maximum atomic E-state index is 11.0. The monoisotopic (exact) mass is 297 g/mol. The summed E-state index contributed by atoms with van der Waals surface area (Å²) in [4.78, 5) is 17.5. The van der Waals surface area contributed by atoms with Crippen molar-refractivity contribution in [3.05, 3.63) is 22.8 Å². The van der Waals surface area contributed by atoms with Crippen LogP contribution >= 0.6 is 11.6 Å². The number of aromatic nitrogens is 1. The summed E-state index contributed by atoms with van der Waals surface area (Å²) in [6.45, 7) is 5.16. The fraction of sp³-hybridized carbons (Fsp3) is 0.571. The largest absolute Gasteiger partial charge is 0.478 e. The number of pyridine rings is 1. The van der Waals surface area contributed by atoms with Crippen LogP contribution in [0, 0.1) is 0 Å². The van der Waals surface area contributed by atoms with E-state index in [-0.39, 0.29) is 10.7 Å². The van der Waals surface area contributed by atoms with Crippen molar-refractivity contribution in [1.29, 1.82) is 0 Å². The highest BCUT2D eigenvalue weighted by Crippen LogP contribution is 2.16. The van der Waals surface area contributed by atoms with E-state index in [4.69, 9.17) is 16.7 Å². The molecule has 6 heteroatoms. The average Bonchev–Trinajstić information content (AvgIpc) is 2.45. The maximum Gasteiger partial charge on any atom is 0.335 e. The first-order valence-electron chi connectivity index (χ1n) is 6.95. The molecule has 2 rings (SSSR count). The van der Waals surface area contributed by atoms with Crippen LogP contribution in [0.3, 0.4) is 0 Å². The van der Waals surface area contributed by atoms with E-state index in [9.17, 15) is 4.79 Å². The fourth-order valence-electron chi connectivity index (χ4n) is 2.45. The second kappa shape index (κ2) is 6.90. The van der Waals surface area contributed by atoms with Gasteiger partial charge in [-0.1, -0.05) is 18.0 Å². The van der Waals surface area contributed by atoms with Gasteiger partial charge in [0.2, 0.25) is 0 Å². The molecule has 1 atom stereocenters. The SMILES string of the molecule is CC(CNc1cc(C(=O)O)cc(Cl)n1)N1CCCCC1. The van der Waals surface area contributed by atoms with Gasteiger partial charge in [0.1, 0.15) is 11.0 Å². The summed E-state index contributed by atoms with van der Waals surface area (Å²) in [7, 11) is 0. The van der Waals surface area contributed by atoms with E-state index in [1.165, 1.54) is 31.4 Å². The minimum Gasteiger partial charge on any atom is -0.478 e. The van der Waals surface area contributed by atoms with E-state index in [1.807, 2.05) is 0 Å². The summed E-state index contributed by atoms with van der Waals surface area (Å²) in [6, 6.07) is 3.25. The summed E-state index contributed by atoms with van der Waals surface area (Å²) in [5.74, 6) is -0.486. The van der Waals surface area contributed by atoms with Crippen LogP contribution in [0.15, 0.2) is 12.1 Å². The third-order valence-corrected chi connectivity index (χ3v) is 3.83. The number of nitrogens with zero attached hydrogens (tertiary/aromatic N) is 2. The van der Waals surface area contributed by atoms with Gasteiger partial charge in [-0.05, 0) is 45.0 Å². The van der Waals surface area contributed by atoms with Gasteiger partial charge in [0.15, 0.2) is 0 Å². The number of nitrogens with one attached hydrogen (secondary N) is 1. The third kappa shape index (κ3) is 4.08. The summed E-state index contributed by atoms with van der Waals surface area (Å²) < 4.78 is 0. The molecule has 1 aromatic heterocycles. The van der Waals surface area contributed by atoms with Crippen LogP contribution in [-0.2, 0) is 0 Å². The molecule has 0 radical (unpaired) electrons. The number of carbonyl (C=O) groups is 1. The van der Waals surface area contributed by atoms with E-state index in [0.717, 1.165) is 19.6 Å². The molecule has 0 bridgehead atoms. The summed E-state index contributed by atoms with van der Waals surface area (Å²) >= 11 is 5.83. The van der Waals surface area contributed by atoms with Crippen molar-refractivity contribution >= 4 is 23.4 Å². The average molecular weight is 298 g/mol. The Kier molecular flexibility index (Phi) is 5.20. The van der Waals surface area contributed by atoms with Gasteiger partial charge in [0.25, 0.3) is 0 Å². The molecule has 5 nitrogen and oxygen atoms in total. The molecule has 0 saturated carbocycles. The van der Waals surface area contributed by atoms with Crippen molar-refractivity contribution in [2.75, 3.05) is 25.0 Å². The van der Waals surface area contributed by atoms with Crippen LogP contribution in [0.5, 0.6) is 0 Å². The van der Waals surface area contributed by atoms with E-state index in [1.54, 1.807) is 0 Å². The molecule has 0 spiro atoms. The van der Waals surface area contributed by atoms with E-state index < -0.39 is 5.97 Å². The fourth-order valence-corrected chi connectivity index (χ4v) is 2.66. The van der Waals surface area contributed by atoms with Crippen LogP contribution < -0.4 is 5.32 Å². The van der Waals surface area contributed by atoms with Crippen molar-refractivity contribution in [3.8, 4) is 0 Å². The zero-order chi connectivity index (χ0) is 14.5. The van der Waals surface area contributed by atoms with Gasteiger partial charge in [-0.2, -0.15) is 0 Å². The Balaban J connectivity index is 1.94. The zero-order valence-corrected chi connectivity index (χ0v) is 12.4. The van der Waals surface area contributed by atoms with E-state index in [0.29, 0.717) is 11.9 Å². The van der Waals surface area contributed by atoms with Crippen molar-refractivity contribution in [3.63, 3.8) is 0 Å². The van der Waals surface area contributed by atoms with Crippen molar-refractivity contribution in [2.24, 2.45) is 0 Å². The zero-order valence-electron chi connectivity index (χ0n) is 11.6. The highest BCUT2D eigenvalue weighted by atomic mass is 35.5. The first kappa shape index (κ1) is 15.1. The predicted molar refractivity (Wildman–Crippen MR) is 79.6 cm³/mol. The molecule has 2 heterocycles. The molecule has 1 aromatic rings. The molecule has 1 aliphatic heterocycles. The minimum atomic E-state index is -0.999. The maximum absolute atomic E-state index is 11.0. The molecule has 1 saturated heterocycles. The van der Waals surface area contributed by atoms with Gasteiger partial charge in [0.05, 0.1) is 5.56 Å².